The zero-order chi connectivity index (χ0) is 13.1. The van der Waals surface area contributed by atoms with Crippen LogP contribution in [0.15, 0.2) is 29.3 Å². The highest BCUT2D eigenvalue weighted by Gasteiger charge is 2.12. The molecule has 0 spiro atoms. The fourth-order valence-corrected chi connectivity index (χ4v) is 2.56. The van der Waals surface area contributed by atoms with E-state index in [1.165, 1.54) is 0 Å². The van der Waals surface area contributed by atoms with Crippen LogP contribution in [0.3, 0.4) is 0 Å². The van der Waals surface area contributed by atoms with Crippen molar-refractivity contribution in [2.45, 2.75) is 26.2 Å². The molecule has 0 aliphatic rings. The van der Waals surface area contributed by atoms with E-state index in [2.05, 4.69) is 37.5 Å². The van der Waals surface area contributed by atoms with Crippen LogP contribution in [0.2, 0.25) is 0 Å². The van der Waals surface area contributed by atoms with Crippen molar-refractivity contribution in [3.8, 4) is 0 Å². The third-order valence-electron chi connectivity index (χ3n) is 2.61. The number of nitrogens with one attached hydrogen (secondary N) is 1. The molecule has 2 heterocycles. The Bertz CT molecular complexity index is 593. The molecule has 0 aliphatic carbocycles. The molecule has 0 saturated heterocycles. The van der Waals surface area contributed by atoms with Crippen molar-refractivity contribution in [2.75, 3.05) is 0 Å². The van der Waals surface area contributed by atoms with Crippen molar-refractivity contribution >= 4 is 22.6 Å². The summed E-state index contributed by atoms with van der Waals surface area (Å²) in [5, 5.41) is 0. The lowest BCUT2D eigenvalue weighted by molar-refractivity contribution is 0.774. The van der Waals surface area contributed by atoms with Crippen LogP contribution in [0.1, 0.15) is 36.8 Å². The molecule has 5 heteroatoms. The van der Waals surface area contributed by atoms with E-state index in [1.54, 1.807) is 12.4 Å². The number of hydrogen-bond acceptors (Lipinski definition) is 3. The van der Waals surface area contributed by atoms with E-state index in [1.807, 2.05) is 26.0 Å². The predicted molar refractivity (Wildman–Crippen MR) is 78.7 cm³/mol. The quantitative estimate of drug-likeness (QED) is 0.861. The largest absolute Gasteiger partial charge is 0.309 e. The van der Waals surface area contributed by atoms with Gasteiger partial charge in [0.2, 0.25) is 0 Å². The van der Waals surface area contributed by atoms with E-state index in [-0.39, 0.29) is 11.5 Å². The van der Waals surface area contributed by atoms with E-state index in [0.29, 0.717) is 15.8 Å². The molecule has 0 atom stereocenters. The van der Waals surface area contributed by atoms with Gasteiger partial charge in [0.1, 0.15) is 5.82 Å². The van der Waals surface area contributed by atoms with Crippen molar-refractivity contribution in [2.24, 2.45) is 0 Å². The number of nitrogens with zero attached hydrogens (tertiary/aromatic N) is 2. The summed E-state index contributed by atoms with van der Waals surface area (Å²) in [6.07, 6.45) is 4.10. The van der Waals surface area contributed by atoms with Gasteiger partial charge in [-0.3, -0.25) is 9.78 Å². The van der Waals surface area contributed by atoms with E-state index in [0.717, 1.165) is 11.3 Å². The Balaban J connectivity index is 2.38. The zero-order valence-corrected chi connectivity index (χ0v) is 12.4. The van der Waals surface area contributed by atoms with Crippen LogP contribution < -0.4 is 5.56 Å². The molecule has 94 valence electrons. The van der Waals surface area contributed by atoms with Crippen LogP contribution >= 0.6 is 22.6 Å². The first-order valence-corrected chi connectivity index (χ1v) is 6.83. The van der Waals surface area contributed by atoms with Crippen molar-refractivity contribution in [3.05, 3.63) is 55.5 Å². The maximum Gasteiger partial charge on any atom is 0.264 e. The summed E-state index contributed by atoms with van der Waals surface area (Å²) in [6.45, 7) is 4.08. The minimum absolute atomic E-state index is 0.0571. The third kappa shape index (κ3) is 2.95. The van der Waals surface area contributed by atoms with Gasteiger partial charge in [-0.1, -0.05) is 13.8 Å². The molecular weight excluding hydrogens is 341 g/mol. The smallest absolute Gasteiger partial charge is 0.264 e. The second kappa shape index (κ2) is 5.60. The van der Waals surface area contributed by atoms with Gasteiger partial charge in [-0.15, -0.1) is 0 Å². The topological polar surface area (TPSA) is 58.6 Å². The van der Waals surface area contributed by atoms with E-state index in [9.17, 15) is 4.79 Å². The van der Waals surface area contributed by atoms with Crippen LogP contribution in [0.25, 0.3) is 0 Å². The standard InChI is InChI=1S/C13H14IN3O/c1-8(2)12-11(14)13(18)17-10(16-12)7-9-3-5-15-6-4-9/h3-6,8H,7H2,1-2H3,(H,16,17,18). The Kier molecular flexibility index (Phi) is 4.11. The first-order chi connectivity index (χ1) is 8.58. The van der Waals surface area contributed by atoms with Crippen molar-refractivity contribution in [3.63, 3.8) is 0 Å². The van der Waals surface area contributed by atoms with E-state index >= 15 is 0 Å². The molecule has 2 rings (SSSR count). The summed E-state index contributed by atoms with van der Waals surface area (Å²) in [5.41, 5.74) is 1.89. The fraction of sp³-hybridized carbons (Fsp3) is 0.308. The Labute approximate surface area is 119 Å². The van der Waals surface area contributed by atoms with Gasteiger partial charge in [0.05, 0.1) is 9.26 Å². The van der Waals surface area contributed by atoms with E-state index in [4.69, 9.17) is 0 Å². The van der Waals surface area contributed by atoms with Crippen LogP contribution in [-0.2, 0) is 6.42 Å². The van der Waals surface area contributed by atoms with Gasteiger partial charge in [-0.25, -0.2) is 4.98 Å². The molecule has 2 aromatic rings. The molecule has 0 amide bonds. The van der Waals surface area contributed by atoms with Gasteiger partial charge in [-0.05, 0) is 46.2 Å². The number of pyridine rings is 1. The molecule has 0 aliphatic heterocycles. The van der Waals surface area contributed by atoms with Gasteiger partial charge in [0.25, 0.3) is 5.56 Å². The summed E-state index contributed by atoms with van der Waals surface area (Å²) in [4.78, 5) is 23.2. The first-order valence-electron chi connectivity index (χ1n) is 5.75. The summed E-state index contributed by atoms with van der Waals surface area (Å²) in [5.74, 6) is 0.950. The number of aromatic nitrogens is 3. The second-order valence-corrected chi connectivity index (χ2v) is 5.48. The van der Waals surface area contributed by atoms with Gasteiger partial charge >= 0.3 is 0 Å². The highest BCUT2D eigenvalue weighted by atomic mass is 127. The molecule has 0 radical (unpaired) electrons. The van der Waals surface area contributed by atoms with Crippen LogP contribution in [-0.4, -0.2) is 15.0 Å². The van der Waals surface area contributed by atoms with Crippen LogP contribution in [0.5, 0.6) is 0 Å². The van der Waals surface area contributed by atoms with Crippen molar-refractivity contribution in [1.29, 1.82) is 0 Å². The normalized spacial score (nSPS) is 10.9. The van der Waals surface area contributed by atoms with E-state index < -0.39 is 0 Å². The molecule has 18 heavy (non-hydrogen) atoms. The Morgan fingerprint density at radius 2 is 2.00 bits per heavy atom. The number of hydrogen-bond donors (Lipinski definition) is 1. The van der Waals surface area contributed by atoms with Crippen molar-refractivity contribution < 1.29 is 0 Å². The molecule has 0 fully saturated rings. The lowest BCUT2D eigenvalue weighted by Crippen LogP contribution is -2.19. The lowest BCUT2D eigenvalue weighted by Gasteiger charge is -2.09. The number of aromatic amines is 1. The van der Waals surface area contributed by atoms with Gasteiger partial charge in [0.15, 0.2) is 0 Å². The molecule has 1 N–H and O–H groups in total. The van der Waals surface area contributed by atoms with Gasteiger partial charge < -0.3 is 4.98 Å². The minimum Gasteiger partial charge on any atom is -0.309 e. The lowest BCUT2D eigenvalue weighted by atomic mass is 10.1. The molecule has 4 nitrogen and oxygen atoms in total. The Hall–Kier alpha value is -1.24. The average Bonchev–Trinajstić information content (AvgIpc) is 2.34. The van der Waals surface area contributed by atoms with Crippen LogP contribution in [0, 0.1) is 3.57 Å². The summed E-state index contributed by atoms with van der Waals surface area (Å²) in [7, 11) is 0. The molecule has 0 unspecified atom stereocenters. The van der Waals surface area contributed by atoms with Crippen molar-refractivity contribution in [1.82, 2.24) is 15.0 Å². The Morgan fingerprint density at radius 1 is 1.33 bits per heavy atom. The highest BCUT2D eigenvalue weighted by molar-refractivity contribution is 14.1. The molecule has 0 aromatic carbocycles. The second-order valence-electron chi connectivity index (χ2n) is 4.40. The molecular formula is C13H14IN3O. The maximum atomic E-state index is 11.8. The molecule has 2 aromatic heterocycles. The zero-order valence-electron chi connectivity index (χ0n) is 10.3. The van der Waals surface area contributed by atoms with Crippen LogP contribution in [0.4, 0.5) is 0 Å². The summed E-state index contributed by atoms with van der Waals surface area (Å²) < 4.78 is 0.682. The Morgan fingerprint density at radius 3 is 2.61 bits per heavy atom. The van der Waals surface area contributed by atoms with Gasteiger partial charge in [0, 0.05) is 18.8 Å². The average molecular weight is 355 g/mol. The SMILES string of the molecule is CC(C)c1nc(Cc2ccncc2)[nH]c(=O)c1I. The summed E-state index contributed by atoms with van der Waals surface area (Å²) in [6, 6.07) is 3.85. The van der Waals surface area contributed by atoms with Gasteiger partial charge in [-0.2, -0.15) is 0 Å². The molecule has 0 saturated carbocycles. The number of halogens is 1. The highest BCUT2D eigenvalue weighted by Crippen LogP contribution is 2.16. The first kappa shape index (κ1) is 13.2. The molecule has 0 bridgehead atoms. The third-order valence-corrected chi connectivity index (χ3v) is 3.65. The maximum absolute atomic E-state index is 11.8. The predicted octanol–water partition coefficient (Wildman–Crippen LogP) is 2.48. The minimum atomic E-state index is -0.0571. The summed E-state index contributed by atoms with van der Waals surface area (Å²) >= 11 is 2.05. The monoisotopic (exact) mass is 355 g/mol. The number of rotatable bonds is 3. The fourth-order valence-electron chi connectivity index (χ4n) is 1.68. The number of H-pyrrole nitrogens is 1.